The minimum absolute atomic E-state index is 0.0255. The summed E-state index contributed by atoms with van der Waals surface area (Å²) in [4.78, 5) is 20.5. The van der Waals surface area contributed by atoms with Crippen molar-refractivity contribution in [3.63, 3.8) is 0 Å². The Morgan fingerprint density at radius 1 is 1.13 bits per heavy atom. The van der Waals surface area contributed by atoms with E-state index in [0.29, 0.717) is 24.0 Å². The van der Waals surface area contributed by atoms with E-state index in [9.17, 15) is 4.79 Å². The van der Waals surface area contributed by atoms with Gasteiger partial charge in [-0.1, -0.05) is 38.1 Å². The van der Waals surface area contributed by atoms with Crippen LogP contribution in [0.15, 0.2) is 58.4 Å². The molecule has 31 heavy (non-hydrogen) atoms. The molecule has 3 rings (SSSR count). The van der Waals surface area contributed by atoms with Crippen LogP contribution < -0.4 is 4.74 Å². The molecular weight excluding hydrogens is 424 g/mol. The van der Waals surface area contributed by atoms with Gasteiger partial charge in [-0.15, -0.1) is 0 Å². The van der Waals surface area contributed by atoms with E-state index < -0.39 is 0 Å². The van der Waals surface area contributed by atoms with Crippen molar-refractivity contribution < 1.29 is 9.53 Å². The monoisotopic (exact) mass is 454 g/mol. The fourth-order valence-corrected chi connectivity index (χ4v) is 4.62. The first-order valence-electron chi connectivity index (χ1n) is 10.6. The molecule has 0 radical (unpaired) electrons. The molecule has 0 atom stereocenters. The number of hydrogen-bond acceptors (Lipinski definition) is 5. The minimum Gasteiger partial charge on any atom is -0.494 e. The molecule has 0 aromatic heterocycles. The molecule has 6 heteroatoms. The molecule has 1 fully saturated rings. The van der Waals surface area contributed by atoms with Gasteiger partial charge in [-0.2, -0.15) is 11.8 Å². The van der Waals surface area contributed by atoms with Crippen LogP contribution in [0.4, 0.5) is 5.69 Å². The van der Waals surface area contributed by atoms with Gasteiger partial charge < -0.3 is 4.74 Å². The molecular formula is C25H30N2O2S2. The van der Waals surface area contributed by atoms with Crippen molar-refractivity contribution in [2.45, 2.75) is 33.1 Å². The topological polar surface area (TPSA) is 41.9 Å². The molecule has 1 aliphatic heterocycles. The van der Waals surface area contributed by atoms with Gasteiger partial charge in [0.25, 0.3) is 5.91 Å². The quantitative estimate of drug-likeness (QED) is 0.318. The number of aliphatic imine (C=N–C) groups is 1. The Labute approximate surface area is 194 Å². The number of amidine groups is 1. The molecule has 1 saturated heterocycles. The zero-order chi connectivity index (χ0) is 22.2. The molecule has 2 aromatic carbocycles. The SMILES string of the molecule is CCOc1ccc(C=C2SC(=Nc3ccc(C(C)C)cc3)N(CCCSC)C2=O)cc1. The van der Waals surface area contributed by atoms with Crippen molar-refractivity contribution >= 4 is 46.4 Å². The van der Waals surface area contributed by atoms with E-state index in [1.165, 1.54) is 17.3 Å². The van der Waals surface area contributed by atoms with Crippen LogP contribution in [0, 0.1) is 0 Å². The van der Waals surface area contributed by atoms with Crippen LogP contribution in [-0.4, -0.2) is 41.1 Å². The van der Waals surface area contributed by atoms with E-state index in [-0.39, 0.29) is 5.91 Å². The third kappa shape index (κ3) is 6.40. The number of benzene rings is 2. The summed E-state index contributed by atoms with van der Waals surface area (Å²) >= 11 is 3.24. The maximum absolute atomic E-state index is 13.1. The van der Waals surface area contributed by atoms with Gasteiger partial charge in [0.1, 0.15) is 5.75 Å². The first kappa shape index (κ1) is 23.5. The predicted molar refractivity (Wildman–Crippen MR) is 136 cm³/mol. The molecule has 0 unspecified atom stereocenters. The van der Waals surface area contributed by atoms with Crippen molar-refractivity contribution in [2.24, 2.45) is 4.99 Å². The average molecular weight is 455 g/mol. The van der Waals surface area contributed by atoms with Crippen molar-refractivity contribution in [3.8, 4) is 5.75 Å². The number of carbonyl (C=O) groups excluding carboxylic acids is 1. The second-order valence-electron chi connectivity index (χ2n) is 7.56. The van der Waals surface area contributed by atoms with Crippen molar-refractivity contribution in [1.29, 1.82) is 0 Å². The highest BCUT2D eigenvalue weighted by Crippen LogP contribution is 2.34. The summed E-state index contributed by atoms with van der Waals surface area (Å²) in [7, 11) is 0. The lowest BCUT2D eigenvalue weighted by molar-refractivity contribution is -0.122. The molecule has 1 amide bonds. The number of amides is 1. The summed E-state index contributed by atoms with van der Waals surface area (Å²) in [6.45, 7) is 7.64. The maximum atomic E-state index is 13.1. The summed E-state index contributed by atoms with van der Waals surface area (Å²) in [5, 5.41) is 0.751. The van der Waals surface area contributed by atoms with Crippen LogP contribution in [-0.2, 0) is 4.79 Å². The lowest BCUT2D eigenvalue weighted by atomic mass is 10.0. The highest BCUT2D eigenvalue weighted by molar-refractivity contribution is 8.18. The fourth-order valence-electron chi connectivity index (χ4n) is 3.18. The molecule has 0 bridgehead atoms. The summed E-state index contributed by atoms with van der Waals surface area (Å²) < 4.78 is 5.51. The van der Waals surface area contributed by atoms with E-state index in [2.05, 4.69) is 32.2 Å². The fraction of sp³-hybridized carbons (Fsp3) is 0.360. The first-order chi connectivity index (χ1) is 15.0. The molecule has 1 heterocycles. The Kier molecular flexibility index (Phi) is 8.67. The van der Waals surface area contributed by atoms with E-state index in [1.807, 2.05) is 54.3 Å². The lowest BCUT2D eigenvalue weighted by Crippen LogP contribution is -2.30. The minimum atomic E-state index is 0.0255. The van der Waals surface area contributed by atoms with E-state index >= 15 is 0 Å². The van der Waals surface area contributed by atoms with E-state index in [0.717, 1.165) is 34.3 Å². The largest absolute Gasteiger partial charge is 0.494 e. The van der Waals surface area contributed by atoms with Gasteiger partial charge in [-0.25, -0.2) is 4.99 Å². The van der Waals surface area contributed by atoms with Crippen LogP contribution in [0.3, 0.4) is 0 Å². The lowest BCUT2D eigenvalue weighted by Gasteiger charge is -2.15. The summed E-state index contributed by atoms with van der Waals surface area (Å²) in [5.74, 6) is 2.36. The standard InChI is InChI=1S/C25H30N2O2S2/c1-5-29-22-13-7-19(8-14-22)17-23-24(28)27(15-6-16-30-4)25(31-23)26-21-11-9-20(10-12-21)18(2)3/h7-14,17-18H,5-6,15-16H2,1-4H3. The smallest absolute Gasteiger partial charge is 0.266 e. The van der Waals surface area contributed by atoms with Gasteiger partial charge in [0.15, 0.2) is 5.17 Å². The Bertz CT molecular complexity index is 935. The predicted octanol–water partition coefficient (Wildman–Crippen LogP) is 6.57. The van der Waals surface area contributed by atoms with Gasteiger partial charge in [0.05, 0.1) is 17.2 Å². The number of nitrogens with zero attached hydrogens (tertiary/aromatic N) is 2. The molecule has 0 saturated carbocycles. The van der Waals surface area contributed by atoms with E-state index in [1.54, 1.807) is 11.8 Å². The van der Waals surface area contributed by atoms with Gasteiger partial charge in [0, 0.05) is 6.54 Å². The zero-order valence-corrected chi connectivity index (χ0v) is 20.3. The Hall–Kier alpha value is -2.18. The van der Waals surface area contributed by atoms with Gasteiger partial charge in [-0.05, 0) is 84.5 Å². The third-order valence-corrected chi connectivity index (χ3v) is 6.60. The summed E-state index contributed by atoms with van der Waals surface area (Å²) in [6, 6.07) is 16.1. The molecule has 4 nitrogen and oxygen atoms in total. The second-order valence-corrected chi connectivity index (χ2v) is 9.55. The Morgan fingerprint density at radius 2 is 1.84 bits per heavy atom. The van der Waals surface area contributed by atoms with Crippen molar-refractivity contribution in [1.82, 2.24) is 4.90 Å². The Morgan fingerprint density at radius 3 is 2.45 bits per heavy atom. The molecule has 1 aliphatic rings. The summed E-state index contributed by atoms with van der Waals surface area (Å²) in [6.07, 6.45) is 4.97. The average Bonchev–Trinajstić information content (AvgIpc) is 3.04. The second kappa shape index (κ2) is 11.4. The van der Waals surface area contributed by atoms with E-state index in [4.69, 9.17) is 9.73 Å². The number of carbonyl (C=O) groups is 1. The Balaban J connectivity index is 1.85. The van der Waals surface area contributed by atoms with Gasteiger partial charge in [0.2, 0.25) is 0 Å². The summed E-state index contributed by atoms with van der Waals surface area (Å²) in [5.41, 5.74) is 3.13. The number of thioether (sulfide) groups is 2. The number of ether oxygens (including phenoxy) is 1. The molecule has 2 aromatic rings. The van der Waals surface area contributed by atoms with Crippen molar-refractivity contribution in [3.05, 3.63) is 64.6 Å². The molecule has 0 aliphatic carbocycles. The number of rotatable bonds is 9. The van der Waals surface area contributed by atoms with Gasteiger partial charge in [-0.3, -0.25) is 9.69 Å². The van der Waals surface area contributed by atoms with Crippen LogP contribution >= 0.6 is 23.5 Å². The van der Waals surface area contributed by atoms with Crippen LogP contribution in [0.1, 0.15) is 44.2 Å². The molecule has 164 valence electrons. The number of hydrogen-bond donors (Lipinski definition) is 0. The molecule has 0 spiro atoms. The van der Waals surface area contributed by atoms with Crippen LogP contribution in [0.5, 0.6) is 5.75 Å². The van der Waals surface area contributed by atoms with Crippen LogP contribution in [0.2, 0.25) is 0 Å². The zero-order valence-electron chi connectivity index (χ0n) is 18.6. The molecule has 0 N–H and O–H groups in total. The van der Waals surface area contributed by atoms with Gasteiger partial charge >= 0.3 is 0 Å². The van der Waals surface area contributed by atoms with Crippen molar-refractivity contribution in [2.75, 3.05) is 25.2 Å². The normalized spacial score (nSPS) is 16.7. The maximum Gasteiger partial charge on any atom is 0.266 e. The van der Waals surface area contributed by atoms with Crippen LogP contribution in [0.25, 0.3) is 6.08 Å². The first-order valence-corrected chi connectivity index (χ1v) is 12.8. The third-order valence-electron chi connectivity index (χ3n) is 4.89. The highest BCUT2D eigenvalue weighted by atomic mass is 32.2. The highest BCUT2D eigenvalue weighted by Gasteiger charge is 2.33.